The number of hydrazone groups is 1. The van der Waals surface area contributed by atoms with E-state index in [4.69, 9.17) is 9.47 Å². The lowest BCUT2D eigenvalue weighted by Gasteiger charge is -2.15. The minimum atomic E-state index is -0.124. The lowest BCUT2D eigenvalue weighted by molar-refractivity contribution is -0.121. The molecule has 1 N–H and O–H groups in total. The summed E-state index contributed by atoms with van der Waals surface area (Å²) < 4.78 is 11.6. The molecule has 0 radical (unpaired) electrons. The summed E-state index contributed by atoms with van der Waals surface area (Å²) in [5.41, 5.74) is 4.48. The third-order valence-electron chi connectivity index (χ3n) is 3.60. The number of hydrogen-bond acceptors (Lipinski definition) is 4. The molecule has 27 heavy (non-hydrogen) atoms. The fraction of sp³-hybridized carbons (Fsp3) is 0.364. The summed E-state index contributed by atoms with van der Waals surface area (Å²) in [5, 5.41) is 4.07. The Kier molecular flexibility index (Phi) is 7.86. The van der Waals surface area contributed by atoms with Crippen molar-refractivity contribution in [1.29, 1.82) is 0 Å². The highest BCUT2D eigenvalue weighted by Gasteiger charge is 2.08. The lowest BCUT2D eigenvalue weighted by Crippen LogP contribution is -2.18. The van der Waals surface area contributed by atoms with Gasteiger partial charge in [0.1, 0.15) is 11.5 Å². The molecular weight excluding hydrogens is 340 g/mol. The van der Waals surface area contributed by atoms with Gasteiger partial charge < -0.3 is 9.47 Å². The number of amides is 1. The van der Waals surface area contributed by atoms with E-state index in [0.29, 0.717) is 18.6 Å². The van der Waals surface area contributed by atoms with Gasteiger partial charge in [0.25, 0.3) is 0 Å². The van der Waals surface area contributed by atoms with Crippen molar-refractivity contribution >= 4 is 12.1 Å². The van der Waals surface area contributed by atoms with Crippen LogP contribution in [-0.4, -0.2) is 24.3 Å². The van der Waals surface area contributed by atoms with E-state index >= 15 is 0 Å². The average Bonchev–Trinajstić information content (AvgIpc) is 2.61. The number of carbonyl (C=O) groups excluding carboxylic acids is 1. The van der Waals surface area contributed by atoms with Gasteiger partial charge in [0, 0.05) is 18.1 Å². The first kappa shape index (κ1) is 20.5. The van der Waals surface area contributed by atoms with E-state index in [1.165, 1.54) is 0 Å². The number of aryl methyl sites for hydroxylation is 1. The number of hydrogen-bond donors (Lipinski definition) is 1. The van der Waals surface area contributed by atoms with Crippen LogP contribution in [-0.2, 0) is 11.2 Å². The van der Waals surface area contributed by atoms with Crippen LogP contribution in [0.5, 0.6) is 11.5 Å². The summed E-state index contributed by atoms with van der Waals surface area (Å²) in [7, 11) is 0. The van der Waals surface area contributed by atoms with Gasteiger partial charge >= 0.3 is 0 Å². The zero-order valence-corrected chi connectivity index (χ0v) is 16.4. The second kappa shape index (κ2) is 10.4. The van der Waals surface area contributed by atoms with Crippen LogP contribution in [0.15, 0.2) is 53.6 Å². The van der Waals surface area contributed by atoms with Crippen molar-refractivity contribution in [3.8, 4) is 11.5 Å². The zero-order valence-electron chi connectivity index (χ0n) is 16.4. The lowest BCUT2D eigenvalue weighted by atomic mass is 10.1. The Bertz CT molecular complexity index is 755. The molecule has 144 valence electrons. The van der Waals surface area contributed by atoms with Crippen LogP contribution in [0.4, 0.5) is 0 Å². The molecule has 0 aromatic heterocycles. The standard InChI is InChI=1S/C22H28N2O3/c1-16(2)26-20-12-11-19(21(14-20)27-17(3)4)15-23-24-22(25)13-10-18-8-6-5-7-9-18/h5-9,11-12,14-17H,10,13H2,1-4H3,(H,24,25). The Labute approximate surface area is 161 Å². The highest BCUT2D eigenvalue weighted by Crippen LogP contribution is 2.25. The van der Waals surface area contributed by atoms with E-state index in [2.05, 4.69) is 10.5 Å². The topological polar surface area (TPSA) is 59.9 Å². The van der Waals surface area contributed by atoms with Crippen LogP contribution >= 0.6 is 0 Å². The Balaban J connectivity index is 1.96. The van der Waals surface area contributed by atoms with E-state index in [0.717, 1.165) is 16.9 Å². The zero-order chi connectivity index (χ0) is 19.6. The fourth-order valence-electron chi connectivity index (χ4n) is 2.46. The van der Waals surface area contributed by atoms with Gasteiger partial charge in [0.15, 0.2) is 0 Å². The van der Waals surface area contributed by atoms with Crippen LogP contribution in [0, 0.1) is 0 Å². The molecule has 5 heteroatoms. The van der Waals surface area contributed by atoms with Crippen LogP contribution in [0.1, 0.15) is 45.2 Å². The summed E-state index contributed by atoms with van der Waals surface area (Å²) >= 11 is 0. The second-order valence-corrected chi connectivity index (χ2v) is 6.81. The van der Waals surface area contributed by atoms with Crippen LogP contribution in [0.25, 0.3) is 0 Å². The normalized spacial score (nSPS) is 11.2. The van der Waals surface area contributed by atoms with Crippen molar-refractivity contribution in [1.82, 2.24) is 5.43 Å². The molecule has 0 unspecified atom stereocenters. The Morgan fingerprint density at radius 1 is 1.04 bits per heavy atom. The molecule has 0 saturated heterocycles. The van der Waals surface area contributed by atoms with Gasteiger partial charge in [-0.1, -0.05) is 30.3 Å². The van der Waals surface area contributed by atoms with Crippen molar-refractivity contribution in [3.63, 3.8) is 0 Å². The van der Waals surface area contributed by atoms with Crippen LogP contribution in [0.2, 0.25) is 0 Å². The predicted molar refractivity (Wildman–Crippen MR) is 108 cm³/mol. The predicted octanol–water partition coefficient (Wildman–Crippen LogP) is 4.34. The van der Waals surface area contributed by atoms with Gasteiger partial charge in [0.2, 0.25) is 5.91 Å². The van der Waals surface area contributed by atoms with E-state index in [9.17, 15) is 4.79 Å². The summed E-state index contributed by atoms with van der Waals surface area (Å²) in [5.74, 6) is 1.29. The monoisotopic (exact) mass is 368 g/mol. The smallest absolute Gasteiger partial charge is 0.240 e. The molecule has 2 aromatic rings. The summed E-state index contributed by atoms with van der Waals surface area (Å²) in [4.78, 5) is 12.0. The highest BCUT2D eigenvalue weighted by atomic mass is 16.5. The van der Waals surface area contributed by atoms with Crippen molar-refractivity contribution in [3.05, 3.63) is 59.7 Å². The Morgan fingerprint density at radius 3 is 2.41 bits per heavy atom. The summed E-state index contributed by atoms with van der Waals surface area (Å²) in [6, 6.07) is 15.5. The highest BCUT2D eigenvalue weighted by molar-refractivity contribution is 5.85. The van der Waals surface area contributed by atoms with Gasteiger partial charge in [-0.3, -0.25) is 4.79 Å². The van der Waals surface area contributed by atoms with E-state index in [1.54, 1.807) is 6.21 Å². The number of nitrogens with one attached hydrogen (secondary N) is 1. The second-order valence-electron chi connectivity index (χ2n) is 6.81. The van der Waals surface area contributed by atoms with Gasteiger partial charge in [0.05, 0.1) is 18.4 Å². The van der Waals surface area contributed by atoms with Gasteiger partial charge in [-0.2, -0.15) is 5.10 Å². The minimum absolute atomic E-state index is 0.0203. The molecule has 0 aliphatic carbocycles. The first-order valence-corrected chi connectivity index (χ1v) is 9.27. The quantitative estimate of drug-likeness (QED) is 0.529. The van der Waals surface area contributed by atoms with Gasteiger partial charge in [-0.15, -0.1) is 0 Å². The third-order valence-corrected chi connectivity index (χ3v) is 3.60. The van der Waals surface area contributed by atoms with Crippen LogP contribution in [0.3, 0.4) is 0 Å². The van der Waals surface area contributed by atoms with Gasteiger partial charge in [-0.25, -0.2) is 5.43 Å². The van der Waals surface area contributed by atoms with E-state index in [1.807, 2.05) is 76.2 Å². The maximum Gasteiger partial charge on any atom is 0.240 e. The first-order chi connectivity index (χ1) is 12.9. The molecule has 0 saturated carbocycles. The molecule has 0 bridgehead atoms. The van der Waals surface area contributed by atoms with Crippen molar-refractivity contribution in [2.75, 3.05) is 0 Å². The first-order valence-electron chi connectivity index (χ1n) is 9.27. The van der Waals surface area contributed by atoms with E-state index < -0.39 is 0 Å². The Morgan fingerprint density at radius 2 is 1.74 bits per heavy atom. The largest absolute Gasteiger partial charge is 0.491 e. The number of rotatable bonds is 9. The maximum absolute atomic E-state index is 12.0. The third kappa shape index (κ3) is 7.52. The molecule has 0 atom stereocenters. The maximum atomic E-state index is 12.0. The molecule has 1 amide bonds. The van der Waals surface area contributed by atoms with E-state index in [-0.39, 0.29) is 18.1 Å². The molecular formula is C22H28N2O3. The SMILES string of the molecule is CC(C)Oc1ccc(C=NNC(=O)CCc2ccccc2)c(OC(C)C)c1. The molecule has 2 aromatic carbocycles. The molecule has 0 aliphatic rings. The molecule has 0 aliphatic heterocycles. The molecule has 5 nitrogen and oxygen atoms in total. The average molecular weight is 368 g/mol. The number of nitrogens with zero attached hydrogens (tertiary/aromatic N) is 1. The molecule has 0 fully saturated rings. The van der Waals surface area contributed by atoms with Crippen molar-refractivity contribution in [2.24, 2.45) is 5.10 Å². The molecule has 0 heterocycles. The molecule has 0 spiro atoms. The number of carbonyl (C=O) groups is 1. The number of benzene rings is 2. The van der Waals surface area contributed by atoms with Crippen molar-refractivity contribution < 1.29 is 14.3 Å². The number of ether oxygens (including phenoxy) is 2. The summed E-state index contributed by atoms with van der Waals surface area (Å²) in [6.45, 7) is 7.87. The molecule has 2 rings (SSSR count). The van der Waals surface area contributed by atoms with Crippen molar-refractivity contribution in [2.45, 2.75) is 52.7 Å². The Hall–Kier alpha value is -2.82. The fourth-order valence-corrected chi connectivity index (χ4v) is 2.46. The minimum Gasteiger partial charge on any atom is -0.491 e. The summed E-state index contributed by atoms with van der Waals surface area (Å²) in [6.07, 6.45) is 2.77. The van der Waals surface area contributed by atoms with Crippen LogP contribution < -0.4 is 14.9 Å². The van der Waals surface area contributed by atoms with Gasteiger partial charge in [-0.05, 0) is 51.8 Å².